The zero-order valence-electron chi connectivity index (χ0n) is 16.4. The molecule has 4 rings (SSSR count). The number of amides is 1. The van der Waals surface area contributed by atoms with E-state index in [-0.39, 0.29) is 5.91 Å². The topological polar surface area (TPSA) is 65.8 Å². The lowest BCUT2D eigenvalue weighted by Gasteiger charge is -2.30. The lowest BCUT2D eigenvalue weighted by atomic mass is 9.80. The van der Waals surface area contributed by atoms with Crippen LogP contribution < -0.4 is 10.9 Å². The van der Waals surface area contributed by atoms with Crippen molar-refractivity contribution in [2.45, 2.75) is 12.0 Å². The molecule has 1 aliphatic heterocycles. The van der Waals surface area contributed by atoms with Crippen molar-refractivity contribution in [2.24, 2.45) is 10.2 Å². The normalized spacial score (nSPS) is 15.1. The van der Waals surface area contributed by atoms with Crippen LogP contribution in [-0.2, 0) is 10.3 Å². The molecule has 3 aromatic carbocycles. The van der Waals surface area contributed by atoms with E-state index in [1.54, 1.807) is 12.3 Å². The number of carbonyl (C=O) groups is 1. The summed E-state index contributed by atoms with van der Waals surface area (Å²) in [4.78, 5) is 12.6. The Morgan fingerprint density at radius 3 is 2.07 bits per heavy atom. The average molecular weight is 394 g/mol. The van der Waals surface area contributed by atoms with Crippen LogP contribution in [-0.4, -0.2) is 17.8 Å². The molecule has 0 saturated heterocycles. The lowest BCUT2D eigenvalue weighted by molar-refractivity contribution is -0.114. The molecule has 30 heavy (non-hydrogen) atoms. The van der Waals surface area contributed by atoms with Gasteiger partial charge >= 0.3 is 0 Å². The van der Waals surface area contributed by atoms with Crippen molar-refractivity contribution in [3.8, 4) is 0 Å². The van der Waals surface area contributed by atoms with E-state index in [0.717, 1.165) is 16.7 Å². The third kappa shape index (κ3) is 4.20. The maximum absolute atomic E-state index is 12.6. The molecule has 0 aliphatic carbocycles. The van der Waals surface area contributed by atoms with Crippen LogP contribution in [0.4, 0.5) is 0 Å². The first kappa shape index (κ1) is 19.3. The van der Waals surface area contributed by atoms with E-state index in [9.17, 15) is 4.79 Å². The molecular weight excluding hydrogens is 372 g/mol. The van der Waals surface area contributed by atoms with Gasteiger partial charge < -0.3 is 0 Å². The van der Waals surface area contributed by atoms with Crippen LogP contribution in [0.5, 0.6) is 0 Å². The number of benzene rings is 3. The van der Waals surface area contributed by atoms with Crippen LogP contribution in [0.3, 0.4) is 0 Å². The van der Waals surface area contributed by atoms with Gasteiger partial charge in [0.05, 0.1) is 0 Å². The van der Waals surface area contributed by atoms with E-state index in [4.69, 9.17) is 0 Å². The minimum absolute atomic E-state index is 0.319. The molecule has 0 unspecified atom stereocenters. The summed E-state index contributed by atoms with van der Waals surface area (Å²) >= 11 is 0. The third-order valence-electron chi connectivity index (χ3n) is 5.02. The standard InChI is InChI=1S/C25H22N4O/c30-24(28-26-18-10-13-20-11-4-1-5-12-20)23-19-25(29-27-23,21-14-6-2-7-15-21)22-16-8-3-9-17-22/h1-18,29H,19H2,(H,28,30)/b13-10+,26-18-. The fourth-order valence-corrected chi connectivity index (χ4v) is 3.49. The molecule has 5 nitrogen and oxygen atoms in total. The largest absolute Gasteiger partial charge is 0.294 e. The number of allylic oxidation sites excluding steroid dienone is 1. The SMILES string of the molecule is O=C(N/N=C\C=C\c1ccccc1)C1=NNC(c2ccccc2)(c2ccccc2)C1. The van der Waals surface area contributed by atoms with Crippen molar-refractivity contribution in [2.75, 3.05) is 0 Å². The molecule has 0 radical (unpaired) electrons. The minimum atomic E-state index is -0.577. The molecule has 3 aromatic rings. The van der Waals surface area contributed by atoms with Crippen molar-refractivity contribution in [3.63, 3.8) is 0 Å². The Morgan fingerprint density at radius 2 is 1.47 bits per heavy atom. The number of hydrogen-bond acceptors (Lipinski definition) is 4. The van der Waals surface area contributed by atoms with Crippen molar-refractivity contribution < 1.29 is 4.79 Å². The number of hydrogen-bond donors (Lipinski definition) is 2. The highest BCUT2D eigenvalue weighted by Crippen LogP contribution is 2.36. The Labute approximate surface area is 175 Å². The van der Waals surface area contributed by atoms with E-state index >= 15 is 0 Å². The molecule has 0 aromatic heterocycles. The Hall–Kier alpha value is -3.99. The van der Waals surface area contributed by atoms with Gasteiger partial charge in [-0.25, -0.2) is 5.43 Å². The maximum atomic E-state index is 12.6. The zero-order chi connectivity index (χ0) is 20.7. The van der Waals surface area contributed by atoms with Crippen LogP contribution in [0.25, 0.3) is 6.08 Å². The van der Waals surface area contributed by atoms with Gasteiger partial charge in [0.2, 0.25) is 0 Å². The first-order valence-corrected chi connectivity index (χ1v) is 9.78. The smallest absolute Gasteiger partial charge is 0.287 e. The summed E-state index contributed by atoms with van der Waals surface area (Å²) in [7, 11) is 0. The van der Waals surface area contributed by atoms with E-state index in [1.807, 2.05) is 97.1 Å². The van der Waals surface area contributed by atoms with Crippen molar-refractivity contribution >= 4 is 23.9 Å². The summed E-state index contributed by atoms with van der Waals surface area (Å²) in [6.07, 6.45) is 5.68. The Balaban J connectivity index is 1.45. The molecule has 0 bridgehead atoms. The molecule has 1 heterocycles. The van der Waals surface area contributed by atoms with E-state index in [1.165, 1.54) is 0 Å². The average Bonchev–Trinajstić information content (AvgIpc) is 3.28. The Bertz CT molecular complexity index is 1030. The molecule has 2 N–H and O–H groups in total. The van der Waals surface area contributed by atoms with Gasteiger partial charge in [-0.2, -0.15) is 10.2 Å². The Kier molecular flexibility index (Phi) is 5.80. The number of carbonyl (C=O) groups excluding carboxylic acids is 1. The summed E-state index contributed by atoms with van der Waals surface area (Å²) in [5.74, 6) is -0.319. The molecule has 1 amide bonds. The minimum Gasteiger partial charge on any atom is -0.294 e. The van der Waals surface area contributed by atoms with Gasteiger partial charge in [0.15, 0.2) is 0 Å². The lowest BCUT2D eigenvalue weighted by Crippen LogP contribution is -2.38. The van der Waals surface area contributed by atoms with Gasteiger partial charge in [0.1, 0.15) is 11.3 Å². The van der Waals surface area contributed by atoms with Crippen LogP contribution in [0.2, 0.25) is 0 Å². The first-order valence-electron chi connectivity index (χ1n) is 9.78. The summed E-state index contributed by atoms with van der Waals surface area (Å²) in [6.45, 7) is 0. The highest BCUT2D eigenvalue weighted by Gasteiger charge is 2.41. The number of hydrazone groups is 2. The van der Waals surface area contributed by atoms with Gasteiger partial charge in [-0.3, -0.25) is 10.2 Å². The van der Waals surface area contributed by atoms with Crippen molar-refractivity contribution in [1.29, 1.82) is 0 Å². The molecule has 1 aliphatic rings. The van der Waals surface area contributed by atoms with E-state index in [0.29, 0.717) is 12.1 Å². The van der Waals surface area contributed by atoms with Crippen LogP contribution in [0.1, 0.15) is 23.1 Å². The Morgan fingerprint density at radius 1 is 0.900 bits per heavy atom. The van der Waals surface area contributed by atoms with Crippen LogP contribution >= 0.6 is 0 Å². The van der Waals surface area contributed by atoms with E-state index < -0.39 is 5.54 Å². The second kappa shape index (κ2) is 9.01. The highest BCUT2D eigenvalue weighted by atomic mass is 16.2. The van der Waals surface area contributed by atoms with Gasteiger partial charge in [0, 0.05) is 12.6 Å². The summed E-state index contributed by atoms with van der Waals surface area (Å²) in [6, 6.07) is 30.0. The number of nitrogens with one attached hydrogen (secondary N) is 2. The molecule has 0 fully saturated rings. The second-order valence-corrected chi connectivity index (χ2v) is 6.97. The highest BCUT2D eigenvalue weighted by molar-refractivity contribution is 6.39. The third-order valence-corrected chi connectivity index (χ3v) is 5.02. The molecular formula is C25H22N4O. The molecule has 0 atom stereocenters. The summed E-state index contributed by atoms with van der Waals surface area (Å²) in [5.41, 5.74) is 8.78. The molecule has 0 saturated carbocycles. The van der Waals surface area contributed by atoms with Crippen molar-refractivity contribution in [1.82, 2.24) is 10.9 Å². The zero-order valence-corrected chi connectivity index (χ0v) is 16.4. The van der Waals surface area contributed by atoms with Gasteiger partial charge in [0.25, 0.3) is 5.91 Å². The van der Waals surface area contributed by atoms with Gasteiger partial charge in [-0.05, 0) is 22.8 Å². The first-order chi connectivity index (χ1) is 14.8. The van der Waals surface area contributed by atoms with Crippen LogP contribution in [0, 0.1) is 0 Å². The summed E-state index contributed by atoms with van der Waals surface area (Å²) in [5, 5.41) is 8.36. The molecule has 148 valence electrons. The second-order valence-electron chi connectivity index (χ2n) is 6.97. The molecule has 5 heteroatoms. The predicted octanol–water partition coefficient (Wildman–Crippen LogP) is 4.09. The fourth-order valence-electron chi connectivity index (χ4n) is 3.49. The number of rotatable bonds is 6. The van der Waals surface area contributed by atoms with E-state index in [2.05, 4.69) is 21.1 Å². The van der Waals surface area contributed by atoms with Crippen LogP contribution in [0.15, 0.2) is 107 Å². The van der Waals surface area contributed by atoms with Gasteiger partial charge in [-0.15, -0.1) is 0 Å². The van der Waals surface area contributed by atoms with Crippen molar-refractivity contribution in [3.05, 3.63) is 114 Å². The summed E-state index contributed by atoms with van der Waals surface area (Å²) < 4.78 is 0. The van der Waals surface area contributed by atoms with Gasteiger partial charge in [-0.1, -0.05) is 97.1 Å². The quantitative estimate of drug-likeness (QED) is 0.488. The molecule has 0 spiro atoms. The maximum Gasteiger partial charge on any atom is 0.287 e. The monoisotopic (exact) mass is 394 g/mol. The predicted molar refractivity (Wildman–Crippen MR) is 121 cm³/mol. The fraction of sp³-hybridized carbons (Fsp3) is 0.0800. The number of nitrogens with zero attached hydrogens (tertiary/aromatic N) is 2.